The molecular formula is C12H16ClNO. The molecule has 1 atom stereocenters. The van der Waals surface area contributed by atoms with Crippen LogP contribution in [-0.4, -0.2) is 6.54 Å². The van der Waals surface area contributed by atoms with Gasteiger partial charge in [0.1, 0.15) is 5.76 Å². The predicted octanol–water partition coefficient (Wildman–Crippen LogP) is 3.39. The zero-order chi connectivity index (χ0) is 11.1. The normalized spacial score (nSPS) is 11.9. The molecule has 0 saturated carbocycles. The molecule has 0 fully saturated rings. The maximum atomic E-state index is 5.74. The van der Waals surface area contributed by atoms with Crippen LogP contribution in [-0.2, 0) is 0 Å². The van der Waals surface area contributed by atoms with E-state index in [4.69, 9.17) is 16.0 Å². The van der Waals surface area contributed by atoms with Crippen molar-refractivity contribution in [1.82, 2.24) is 5.32 Å². The quantitative estimate of drug-likeness (QED) is 0.778. The number of furan rings is 1. The van der Waals surface area contributed by atoms with Gasteiger partial charge in [-0.3, -0.25) is 0 Å². The van der Waals surface area contributed by atoms with Gasteiger partial charge in [0.25, 0.3) is 0 Å². The lowest BCUT2D eigenvalue weighted by Crippen LogP contribution is -2.21. The summed E-state index contributed by atoms with van der Waals surface area (Å²) in [4.78, 5) is 0. The van der Waals surface area contributed by atoms with Crippen LogP contribution < -0.4 is 5.32 Å². The maximum Gasteiger partial charge on any atom is 0.193 e. The van der Waals surface area contributed by atoms with Gasteiger partial charge in [-0.2, -0.15) is 0 Å². The highest BCUT2D eigenvalue weighted by Crippen LogP contribution is 2.22. The number of halogens is 1. The second kappa shape index (κ2) is 6.55. The lowest BCUT2D eigenvalue weighted by atomic mass is 10.1. The van der Waals surface area contributed by atoms with E-state index in [0.29, 0.717) is 5.22 Å². The molecule has 3 heteroatoms. The number of nitrogens with one attached hydrogen (secondary N) is 1. The molecule has 0 aliphatic heterocycles. The average molecular weight is 226 g/mol. The summed E-state index contributed by atoms with van der Waals surface area (Å²) in [6.45, 7) is 4.92. The predicted molar refractivity (Wildman–Crippen MR) is 62.8 cm³/mol. The zero-order valence-electron chi connectivity index (χ0n) is 9.14. The lowest BCUT2D eigenvalue weighted by Gasteiger charge is -2.12. The third-order valence-corrected chi connectivity index (χ3v) is 2.26. The van der Waals surface area contributed by atoms with E-state index < -0.39 is 0 Å². The summed E-state index contributed by atoms with van der Waals surface area (Å²) in [6.07, 6.45) is 1.84. The molecule has 1 unspecified atom stereocenters. The van der Waals surface area contributed by atoms with E-state index in [1.807, 2.05) is 13.0 Å². The standard InChI is InChI=1S/C12H16ClNO/c1-3-5-6-10(14-9-4-2)11-7-8-12(13)15-11/h7-8,10,14H,4,6,9H2,1-2H3. The van der Waals surface area contributed by atoms with E-state index in [1.165, 1.54) is 0 Å². The molecule has 0 aromatic carbocycles. The number of rotatable bonds is 5. The van der Waals surface area contributed by atoms with E-state index in [2.05, 4.69) is 24.1 Å². The van der Waals surface area contributed by atoms with Gasteiger partial charge in [-0.1, -0.05) is 6.92 Å². The Morgan fingerprint density at radius 1 is 1.53 bits per heavy atom. The van der Waals surface area contributed by atoms with Gasteiger partial charge in [0.05, 0.1) is 6.04 Å². The summed E-state index contributed by atoms with van der Waals surface area (Å²) in [6, 6.07) is 3.80. The molecule has 1 aromatic heterocycles. The highest BCUT2D eigenvalue weighted by atomic mass is 35.5. The molecule has 0 spiro atoms. The molecule has 15 heavy (non-hydrogen) atoms. The Hall–Kier alpha value is -0.910. The van der Waals surface area contributed by atoms with E-state index in [9.17, 15) is 0 Å². The fourth-order valence-corrected chi connectivity index (χ4v) is 1.46. The molecule has 0 aliphatic carbocycles. The summed E-state index contributed by atoms with van der Waals surface area (Å²) in [5.74, 6) is 6.79. The van der Waals surface area contributed by atoms with E-state index in [-0.39, 0.29) is 6.04 Å². The van der Waals surface area contributed by atoms with Gasteiger partial charge in [-0.25, -0.2) is 0 Å². The Morgan fingerprint density at radius 3 is 2.87 bits per heavy atom. The molecule has 82 valence electrons. The van der Waals surface area contributed by atoms with Gasteiger partial charge in [0.15, 0.2) is 5.22 Å². The van der Waals surface area contributed by atoms with Gasteiger partial charge in [-0.15, -0.1) is 11.8 Å². The molecule has 1 N–H and O–H groups in total. The van der Waals surface area contributed by atoms with Crippen LogP contribution in [0.3, 0.4) is 0 Å². The zero-order valence-corrected chi connectivity index (χ0v) is 9.90. The Balaban J connectivity index is 2.65. The molecule has 0 radical (unpaired) electrons. The van der Waals surface area contributed by atoms with Gasteiger partial charge >= 0.3 is 0 Å². The molecule has 2 nitrogen and oxygen atoms in total. The molecule has 0 amide bonds. The first-order valence-electron chi connectivity index (χ1n) is 5.16. The van der Waals surface area contributed by atoms with Crippen LogP contribution in [0.5, 0.6) is 0 Å². The Labute approximate surface area is 96.0 Å². The molecule has 1 rings (SSSR count). The molecule has 0 aliphatic rings. The Kier molecular flexibility index (Phi) is 5.31. The van der Waals surface area contributed by atoms with Crippen LogP contribution in [0.4, 0.5) is 0 Å². The van der Waals surface area contributed by atoms with Crippen LogP contribution in [0.15, 0.2) is 16.5 Å². The first-order valence-corrected chi connectivity index (χ1v) is 5.54. The Bertz CT molecular complexity index is 348. The van der Waals surface area contributed by atoms with Crippen LogP contribution in [0, 0.1) is 11.8 Å². The fourth-order valence-electron chi connectivity index (χ4n) is 1.31. The second-order valence-corrected chi connectivity index (χ2v) is 3.65. The number of hydrogen-bond acceptors (Lipinski definition) is 2. The van der Waals surface area contributed by atoms with Gasteiger partial charge in [-0.05, 0) is 43.6 Å². The topological polar surface area (TPSA) is 25.2 Å². The Morgan fingerprint density at radius 2 is 2.33 bits per heavy atom. The van der Waals surface area contributed by atoms with Crippen molar-refractivity contribution in [3.05, 3.63) is 23.1 Å². The van der Waals surface area contributed by atoms with E-state index in [0.717, 1.165) is 25.1 Å². The largest absolute Gasteiger partial charge is 0.448 e. The van der Waals surface area contributed by atoms with Gasteiger partial charge in [0, 0.05) is 6.42 Å². The SMILES string of the molecule is CC#CCC(NCCC)c1ccc(Cl)o1. The summed E-state index contributed by atoms with van der Waals surface area (Å²) < 4.78 is 5.37. The number of hydrogen-bond donors (Lipinski definition) is 1. The molecule has 0 bridgehead atoms. The van der Waals surface area contributed by atoms with Crippen molar-refractivity contribution in [2.45, 2.75) is 32.7 Å². The van der Waals surface area contributed by atoms with Crippen LogP contribution in [0.25, 0.3) is 0 Å². The van der Waals surface area contributed by atoms with E-state index in [1.54, 1.807) is 6.07 Å². The highest BCUT2D eigenvalue weighted by Gasteiger charge is 2.13. The van der Waals surface area contributed by atoms with Crippen molar-refractivity contribution < 1.29 is 4.42 Å². The molecule has 0 saturated heterocycles. The van der Waals surface area contributed by atoms with Crippen molar-refractivity contribution in [2.24, 2.45) is 0 Å². The maximum absolute atomic E-state index is 5.74. The third kappa shape index (κ3) is 3.99. The first kappa shape index (κ1) is 12.2. The monoisotopic (exact) mass is 225 g/mol. The fraction of sp³-hybridized carbons (Fsp3) is 0.500. The molecular weight excluding hydrogens is 210 g/mol. The second-order valence-electron chi connectivity index (χ2n) is 3.28. The highest BCUT2D eigenvalue weighted by molar-refractivity contribution is 6.28. The summed E-state index contributed by atoms with van der Waals surface area (Å²) >= 11 is 5.74. The van der Waals surface area contributed by atoms with Crippen molar-refractivity contribution >= 4 is 11.6 Å². The van der Waals surface area contributed by atoms with E-state index >= 15 is 0 Å². The minimum absolute atomic E-state index is 0.143. The first-order chi connectivity index (χ1) is 7.27. The smallest absolute Gasteiger partial charge is 0.193 e. The van der Waals surface area contributed by atoms with Crippen molar-refractivity contribution in [3.63, 3.8) is 0 Å². The van der Waals surface area contributed by atoms with Crippen molar-refractivity contribution in [2.75, 3.05) is 6.54 Å². The minimum atomic E-state index is 0.143. The molecule has 1 aromatic rings. The van der Waals surface area contributed by atoms with Gasteiger partial charge in [0.2, 0.25) is 0 Å². The molecule has 1 heterocycles. The average Bonchev–Trinajstić information content (AvgIpc) is 2.65. The van der Waals surface area contributed by atoms with Crippen LogP contribution in [0.2, 0.25) is 5.22 Å². The van der Waals surface area contributed by atoms with Gasteiger partial charge < -0.3 is 9.73 Å². The summed E-state index contributed by atoms with van der Waals surface area (Å²) in [5, 5.41) is 3.81. The summed E-state index contributed by atoms with van der Waals surface area (Å²) in [7, 11) is 0. The lowest BCUT2D eigenvalue weighted by molar-refractivity contribution is 0.418. The van der Waals surface area contributed by atoms with Crippen LogP contribution in [0.1, 0.15) is 38.5 Å². The van der Waals surface area contributed by atoms with Crippen LogP contribution >= 0.6 is 11.6 Å². The minimum Gasteiger partial charge on any atom is -0.448 e. The summed E-state index contributed by atoms with van der Waals surface area (Å²) in [5.41, 5.74) is 0. The van der Waals surface area contributed by atoms with Crippen molar-refractivity contribution in [1.29, 1.82) is 0 Å². The third-order valence-electron chi connectivity index (χ3n) is 2.06. The van der Waals surface area contributed by atoms with Crippen molar-refractivity contribution in [3.8, 4) is 11.8 Å².